The third-order valence-electron chi connectivity index (χ3n) is 8.46. The van der Waals surface area contributed by atoms with Gasteiger partial charge in [0.1, 0.15) is 23.5 Å². The number of hydrogen-bond acceptors (Lipinski definition) is 8. The lowest BCUT2D eigenvalue weighted by atomic mass is 9.79. The van der Waals surface area contributed by atoms with Gasteiger partial charge in [-0.2, -0.15) is 13.2 Å². The van der Waals surface area contributed by atoms with Crippen molar-refractivity contribution in [1.82, 2.24) is 26.1 Å². The fourth-order valence-electron chi connectivity index (χ4n) is 5.39. The van der Waals surface area contributed by atoms with E-state index in [0.29, 0.717) is 30.3 Å². The predicted octanol–water partition coefficient (Wildman–Crippen LogP) is 5.72. The van der Waals surface area contributed by atoms with E-state index in [4.69, 9.17) is 4.74 Å². The number of hydrazine groups is 1. The molecule has 12 nitrogen and oxygen atoms in total. The minimum atomic E-state index is -4.85. The molecule has 1 aliphatic rings. The van der Waals surface area contributed by atoms with Gasteiger partial charge in [0.15, 0.2) is 6.04 Å². The number of carboxylic acids is 1. The SMILES string of the molecule is CC(C)[C@H](CC(=O)C(C)(C)/C=C/c1ccc2ccc([C@H](NC(=O)OC(C)(C)C)C(F)(F)F)nc2c1)C(=O)N[C@@H](C)C(=O)N1CCC[C@@H](C(=O)O)N1. The topological polar surface area (TPSA) is 167 Å². The van der Waals surface area contributed by atoms with Crippen LogP contribution >= 0.6 is 0 Å². The zero-order chi connectivity index (χ0) is 38.5. The van der Waals surface area contributed by atoms with E-state index in [2.05, 4.69) is 15.7 Å². The Hall–Kier alpha value is -4.53. The molecule has 51 heavy (non-hydrogen) atoms. The highest BCUT2D eigenvalue weighted by Gasteiger charge is 2.44. The highest BCUT2D eigenvalue weighted by molar-refractivity contribution is 5.93. The highest BCUT2D eigenvalue weighted by Crippen LogP contribution is 2.33. The number of aromatic nitrogens is 1. The number of benzene rings is 1. The molecular weight excluding hydrogens is 671 g/mol. The van der Waals surface area contributed by atoms with Crippen LogP contribution in [0.5, 0.6) is 0 Å². The van der Waals surface area contributed by atoms with Gasteiger partial charge in [-0.1, -0.05) is 44.2 Å². The Kier molecular flexibility index (Phi) is 13.0. The number of ketones is 1. The van der Waals surface area contributed by atoms with Crippen LogP contribution in [0, 0.1) is 17.3 Å². The maximum absolute atomic E-state index is 14.0. The first-order valence-corrected chi connectivity index (χ1v) is 16.8. The van der Waals surface area contributed by atoms with Crippen molar-refractivity contribution in [2.75, 3.05) is 6.54 Å². The standard InChI is InChI=1S/C36H48F3N5O7/c1-20(2)24(30(46)40-21(3)31(47)44-17-9-10-26(43-44)32(48)49)19-28(45)35(7,8)16-15-22-11-12-23-13-14-25(41-27(23)18-22)29(36(37,38)39)42-33(50)51-34(4,5)6/h11-16,18,20-21,24,26,29,43H,9-10,17,19H2,1-8H3,(H,40,46)(H,42,50)(H,48,49)/b16-15+/t21-,24-,26-,29-/m0/s1. The Morgan fingerprint density at radius 3 is 2.27 bits per heavy atom. The predicted molar refractivity (Wildman–Crippen MR) is 184 cm³/mol. The van der Waals surface area contributed by atoms with Crippen LogP contribution < -0.4 is 16.1 Å². The van der Waals surface area contributed by atoms with Crippen molar-refractivity contribution in [2.45, 2.75) is 105 Å². The molecule has 0 radical (unpaired) electrons. The van der Waals surface area contributed by atoms with Crippen molar-refractivity contribution >= 4 is 46.6 Å². The molecule has 280 valence electrons. The molecule has 0 bridgehead atoms. The summed E-state index contributed by atoms with van der Waals surface area (Å²) in [5, 5.41) is 15.6. The van der Waals surface area contributed by atoms with Crippen molar-refractivity contribution in [2.24, 2.45) is 17.3 Å². The summed E-state index contributed by atoms with van der Waals surface area (Å²) < 4.78 is 47.0. The molecular formula is C36H48F3N5O7. The first-order valence-electron chi connectivity index (χ1n) is 16.8. The maximum atomic E-state index is 14.0. The molecule has 15 heteroatoms. The number of nitrogens with one attached hydrogen (secondary N) is 3. The lowest BCUT2D eigenvalue weighted by Crippen LogP contribution is -2.59. The van der Waals surface area contributed by atoms with Crippen LogP contribution in [0.3, 0.4) is 0 Å². The van der Waals surface area contributed by atoms with Crippen molar-refractivity contribution in [3.05, 3.63) is 47.7 Å². The number of alkyl halides is 3. The number of carboxylic acid groups (broad SMARTS) is 1. The molecule has 4 atom stereocenters. The van der Waals surface area contributed by atoms with Crippen molar-refractivity contribution in [3.8, 4) is 0 Å². The van der Waals surface area contributed by atoms with Gasteiger partial charge in [-0.25, -0.2) is 10.2 Å². The molecule has 2 heterocycles. The monoisotopic (exact) mass is 719 g/mol. The molecule has 4 N–H and O–H groups in total. The Morgan fingerprint density at radius 1 is 1.04 bits per heavy atom. The molecule has 1 aromatic heterocycles. The molecule has 0 unspecified atom stereocenters. The number of carbonyl (C=O) groups is 5. The number of fused-ring (bicyclic) bond motifs is 1. The molecule has 1 aromatic carbocycles. The summed E-state index contributed by atoms with van der Waals surface area (Å²) in [6.45, 7) is 13.3. The second kappa shape index (κ2) is 16.2. The molecule has 0 spiro atoms. The normalized spacial score (nSPS) is 17.6. The van der Waals surface area contributed by atoms with Gasteiger partial charge >= 0.3 is 18.2 Å². The number of alkyl carbamates (subject to hydrolysis) is 1. The quantitative estimate of drug-likeness (QED) is 0.215. The van der Waals surface area contributed by atoms with Crippen LogP contribution in [0.4, 0.5) is 18.0 Å². The van der Waals surface area contributed by atoms with Gasteiger partial charge in [0.2, 0.25) is 5.91 Å². The Morgan fingerprint density at radius 2 is 1.69 bits per heavy atom. The Bertz CT molecular complexity index is 1650. The number of pyridine rings is 1. The minimum Gasteiger partial charge on any atom is -0.480 e. The summed E-state index contributed by atoms with van der Waals surface area (Å²) in [5.41, 5.74) is 0.980. The maximum Gasteiger partial charge on any atom is 0.414 e. The molecule has 3 amide bonds. The summed E-state index contributed by atoms with van der Waals surface area (Å²) in [6.07, 6.45) is -2.06. The van der Waals surface area contributed by atoms with Gasteiger partial charge in [0.25, 0.3) is 5.91 Å². The second-order valence-electron chi connectivity index (χ2n) is 14.7. The number of Topliss-reactive ketones (excluding diaryl/α,β-unsaturated/α-hetero) is 1. The van der Waals surface area contributed by atoms with Crippen LogP contribution in [0.15, 0.2) is 36.4 Å². The third-order valence-corrected chi connectivity index (χ3v) is 8.46. The van der Waals surface area contributed by atoms with Crippen LogP contribution in [-0.4, -0.2) is 75.2 Å². The van der Waals surface area contributed by atoms with E-state index >= 15 is 0 Å². The largest absolute Gasteiger partial charge is 0.480 e. The molecule has 0 saturated carbocycles. The summed E-state index contributed by atoms with van der Waals surface area (Å²) in [7, 11) is 0. The van der Waals surface area contributed by atoms with Gasteiger partial charge < -0.3 is 20.5 Å². The van der Waals surface area contributed by atoms with Gasteiger partial charge in [-0.3, -0.25) is 29.2 Å². The summed E-state index contributed by atoms with van der Waals surface area (Å²) in [5.74, 6) is -3.32. The summed E-state index contributed by atoms with van der Waals surface area (Å²) in [6, 6.07) is 3.33. The fraction of sp³-hybridized carbons (Fsp3) is 0.556. The van der Waals surface area contributed by atoms with E-state index in [0.717, 1.165) is 0 Å². The van der Waals surface area contributed by atoms with Gasteiger partial charge in [0, 0.05) is 29.7 Å². The number of hydrogen-bond donors (Lipinski definition) is 4. The number of aliphatic carboxylic acids is 1. The van der Waals surface area contributed by atoms with Crippen molar-refractivity contribution in [1.29, 1.82) is 0 Å². The molecule has 1 fully saturated rings. The zero-order valence-corrected chi connectivity index (χ0v) is 30.2. The average Bonchev–Trinajstić information content (AvgIpc) is 3.02. The van der Waals surface area contributed by atoms with Crippen LogP contribution in [-0.2, 0) is 23.9 Å². The lowest BCUT2D eigenvalue weighted by Gasteiger charge is -2.34. The Labute approximate surface area is 295 Å². The van der Waals surface area contributed by atoms with Gasteiger partial charge in [0.05, 0.1) is 11.2 Å². The van der Waals surface area contributed by atoms with E-state index in [-0.39, 0.29) is 23.6 Å². The van der Waals surface area contributed by atoms with E-state index in [1.54, 1.807) is 58.0 Å². The van der Waals surface area contributed by atoms with Crippen molar-refractivity contribution < 1.29 is 47.0 Å². The number of amides is 3. The first kappa shape index (κ1) is 40.9. The smallest absolute Gasteiger partial charge is 0.414 e. The van der Waals surface area contributed by atoms with Gasteiger partial charge in [-0.15, -0.1) is 0 Å². The minimum absolute atomic E-state index is 0.128. The first-order chi connectivity index (χ1) is 23.5. The van der Waals surface area contributed by atoms with Crippen LogP contribution in [0.25, 0.3) is 17.0 Å². The van der Waals surface area contributed by atoms with Crippen molar-refractivity contribution in [3.63, 3.8) is 0 Å². The second-order valence-corrected chi connectivity index (χ2v) is 14.7. The van der Waals surface area contributed by atoms with E-state index < -0.39 is 70.8 Å². The fourth-order valence-corrected chi connectivity index (χ4v) is 5.39. The molecule has 1 saturated heterocycles. The van der Waals surface area contributed by atoms with Crippen LogP contribution in [0.2, 0.25) is 0 Å². The van der Waals surface area contributed by atoms with Crippen LogP contribution in [0.1, 0.15) is 92.0 Å². The summed E-state index contributed by atoms with van der Waals surface area (Å²) in [4.78, 5) is 67.6. The third kappa shape index (κ3) is 11.5. The summed E-state index contributed by atoms with van der Waals surface area (Å²) >= 11 is 0. The van der Waals surface area contributed by atoms with Gasteiger partial charge in [-0.05, 0) is 78.0 Å². The Balaban J connectivity index is 1.73. The molecule has 3 rings (SSSR count). The zero-order valence-electron chi connectivity index (χ0n) is 30.2. The molecule has 0 aliphatic carbocycles. The van der Waals surface area contributed by atoms with E-state index in [9.17, 15) is 42.3 Å². The number of carbonyl (C=O) groups excluding carboxylic acids is 4. The molecule has 2 aromatic rings. The van der Waals surface area contributed by atoms with E-state index in [1.165, 1.54) is 44.8 Å². The highest BCUT2D eigenvalue weighted by atomic mass is 19.4. The lowest BCUT2D eigenvalue weighted by molar-refractivity contribution is -0.157. The molecule has 1 aliphatic heterocycles. The number of halogens is 3. The number of nitrogens with zero attached hydrogens (tertiary/aromatic N) is 2. The van der Waals surface area contributed by atoms with E-state index in [1.807, 2.05) is 5.32 Å². The average molecular weight is 720 g/mol. The number of rotatable bonds is 12. The number of allylic oxidation sites excluding steroid dienone is 1. The number of ether oxygens (including phenoxy) is 1.